The van der Waals surface area contributed by atoms with Crippen molar-refractivity contribution in [2.45, 2.75) is 50.7 Å². The summed E-state index contributed by atoms with van der Waals surface area (Å²) >= 11 is 0. The Morgan fingerprint density at radius 3 is 2.71 bits per heavy atom. The average molecular weight is 288 g/mol. The van der Waals surface area contributed by atoms with Gasteiger partial charge >= 0.3 is 0 Å². The van der Waals surface area contributed by atoms with E-state index in [0.29, 0.717) is 18.6 Å². The van der Waals surface area contributed by atoms with E-state index in [0.717, 1.165) is 19.0 Å². The summed E-state index contributed by atoms with van der Waals surface area (Å²) in [5.74, 6) is 0.690. The van der Waals surface area contributed by atoms with Crippen LogP contribution >= 0.6 is 0 Å². The molecule has 3 heteroatoms. The maximum Gasteiger partial charge on any atom is 0.0445 e. The predicted octanol–water partition coefficient (Wildman–Crippen LogP) is 2.40. The summed E-state index contributed by atoms with van der Waals surface area (Å²) in [4.78, 5) is 2.59. The summed E-state index contributed by atoms with van der Waals surface area (Å²) < 4.78 is 0. The van der Waals surface area contributed by atoms with Crippen LogP contribution in [0.3, 0.4) is 0 Å². The van der Waals surface area contributed by atoms with E-state index >= 15 is 0 Å². The van der Waals surface area contributed by atoms with Gasteiger partial charge in [0.15, 0.2) is 0 Å². The Labute approximate surface area is 128 Å². The first-order chi connectivity index (χ1) is 10.3. The van der Waals surface area contributed by atoms with Crippen LogP contribution in [0.1, 0.15) is 37.7 Å². The zero-order chi connectivity index (χ0) is 14.5. The molecule has 1 aromatic carbocycles. The lowest BCUT2D eigenvalue weighted by Crippen LogP contribution is -2.46. The lowest BCUT2D eigenvalue weighted by Gasteiger charge is -2.37. The quantitative estimate of drug-likeness (QED) is 0.809. The van der Waals surface area contributed by atoms with Gasteiger partial charge in [-0.05, 0) is 50.1 Å². The summed E-state index contributed by atoms with van der Waals surface area (Å²) in [6.07, 6.45) is 6.13. The number of hydrogen-bond acceptors (Lipinski definition) is 3. The van der Waals surface area contributed by atoms with Crippen molar-refractivity contribution in [1.82, 2.24) is 10.2 Å². The summed E-state index contributed by atoms with van der Waals surface area (Å²) in [6, 6.07) is 12.0. The Morgan fingerprint density at radius 2 is 2.00 bits per heavy atom. The summed E-state index contributed by atoms with van der Waals surface area (Å²) in [6.45, 7) is 3.74. The van der Waals surface area contributed by atoms with Gasteiger partial charge in [-0.2, -0.15) is 0 Å². The van der Waals surface area contributed by atoms with Crippen LogP contribution in [-0.4, -0.2) is 41.8 Å². The largest absolute Gasteiger partial charge is 0.396 e. The number of nitrogens with zero attached hydrogens (tertiary/aromatic N) is 1. The van der Waals surface area contributed by atoms with E-state index in [2.05, 4.69) is 40.5 Å². The Kier molecular flexibility index (Phi) is 5.28. The van der Waals surface area contributed by atoms with Gasteiger partial charge in [0.1, 0.15) is 0 Å². The minimum Gasteiger partial charge on any atom is -0.396 e. The SMILES string of the molecule is OCC[C@@H](NC1CC1)[C@H]1CCCN(Cc2ccccc2)C1. The van der Waals surface area contributed by atoms with Gasteiger partial charge < -0.3 is 10.4 Å². The van der Waals surface area contributed by atoms with Gasteiger partial charge in [0.2, 0.25) is 0 Å². The second kappa shape index (κ2) is 7.39. The molecule has 0 amide bonds. The van der Waals surface area contributed by atoms with E-state index in [1.807, 2.05) is 0 Å². The Morgan fingerprint density at radius 1 is 1.19 bits per heavy atom. The first kappa shape index (κ1) is 15.0. The average Bonchev–Trinajstić information content (AvgIpc) is 3.32. The highest BCUT2D eigenvalue weighted by Gasteiger charge is 2.31. The fourth-order valence-electron chi connectivity index (χ4n) is 3.55. The third-order valence-electron chi connectivity index (χ3n) is 4.83. The number of aliphatic hydroxyl groups is 1. The molecular weight excluding hydrogens is 260 g/mol. The van der Waals surface area contributed by atoms with E-state index in [1.54, 1.807) is 0 Å². The predicted molar refractivity (Wildman–Crippen MR) is 86.1 cm³/mol. The molecule has 0 bridgehead atoms. The first-order valence-corrected chi connectivity index (χ1v) is 8.48. The van der Waals surface area contributed by atoms with Crippen LogP contribution in [0, 0.1) is 5.92 Å². The van der Waals surface area contributed by atoms with Gasteiger partial charge in [0.25, 0.3) is 0 Å². The molecule has 116 valence electrons. The summed E-state index contributed by atoms with van der Waals surface area (Å²) in [5, 5.41) is 13.1. The van der Waals surface area contributed by atoms with E-state index in [4.69, 9.17) is 0 Å². The van der Waals surface area contributed by atoms with Gasteiger partial charge in [-0.15, -0.1) is 0 Å². The molecular formula is C18H28N2O. The number of piperidine rings is 1. The molecule has 2 atom stereocenters. The van der Waals surface area contributed by atoms with Gasteiger partial charge in [-0.1, -0.05) is 30.3 Å². The number of nitrogens with one attached hydrogen (secondary N) is 1. The fraction of sp³-hybridized carbons (Fsp3) is 0.667. The maximum absolute atomic E-state index is 9.35. The van der Waals surface area contributed by atoms with Crippen LogP contribution in [0.2, 0.25) is 0 Å². The third kappa shape index (κ3) is 4.53. The van der Waals surface area contributed by atoms with Crippen molar-refractivity contribution in [3.8, 4) is 0 Å². The smallest absolute Gasteiger partial charge is 0.0445 e. The third-order valence-corrected chi connectivity index (χ3v) is 4.83. The van der Waals surface area contributed by atoms with Crippen molar-refractivity contribution in [2.75, 3.05) is 19.7 Å². The van der Waals surface area contributed by atoms with E-state index in [1.165, 1.54) is 44.3 Å². The molecule has 2 aliphatic rings. The van der Waals surface area contributed by atoms with Crippen LogP contribution in [0.25, 0.3) is 0 Å². The van der Waals surface area contributed by atoms with Crippen molar-refractivity contribution in [1.29, 1.82) is 0 Å². The molecule has 21 heavy (non-hydrogen) atoms. The molecule has 1 saturated carbocycles. The van der Waals surface area contributed by atoms with Gasteiger partial charge in [-0.3, -0.25) is 4.90 Å². The van der Waals surface area contributed by atoms with Crippen LogP contribution < -0.4 is 5.32 Å². The first-order valence-electron chi connectivity index (χ1n) is 8.48. The molecule has 3 nitrogen and oxygen atoms in total. The molecule has 0 radical (unpaired) electrons. The highest BCUT2D eigenvalue weighted by molar-refractivity contribution is 5.14. The monoisotopic (exact) mass is 288 g/mol. The molecule has 0 unspecified atom stereocenters. The zero-order valence-corrected chi connectivity index (χ0v) is 12.9. The van der Waals surface area contributed by atoms with E-state index < -0.39 is 0 Å². The topological polar surface area (TPSA) is 35.5 Å². The minimum atomic E-state index is 0.305. The molecule has 1 aliphatic heterocycles. The number of hydrogen-bond donors (Lipinski definition) is 2. The highest BCUT2D eigenvalue weighted by atomic mass is 16.3. The van der Waals surface area contributed by atoms with Crippen molar-refractivity contribution in [2.24, 2.45) is 5.92 Å². The lowest BCUT2D eigenvalue weighted by molar-refractivity contribution is 0.126. The second-order valence-corrected chi connectivity index (χ2v) is 6.68. The van der Waals surface area contributed by atoms with Gasteiger partial charge in [0, 0.05) is 31.8 Å². The fourth-order valence-corrected chi connectivity index (χ4v) is 3.55. The molecule has 2 N–H and O–H groups in total. The summed E-state index contributed by atoms with van der Waals surface area (Å²) in [7, 11) is 0. The van der Waals surface area contributed by atoms with Gasteiger partial charge in [-0.25, -0.2) is 0 Å². The van der Waals surface area contributed by atoms with Gasteiger partial charge in [0.05, 0.1) is 0 Å². The second-order valence-electron chi connectivity index (χ2n) is 6.68. The van der Waals surface area contributed by atoms with E-state index in [-0.39, 0.29) is 0 Å². The van der Waals surface area contributed by atoms with Crippen molar-refractivity contribution in [3.63, 3.8) is 0 Å². The number of rotatable bonds is 7. The molecule has 1 aromatic rings. The molecule has 1 heterocycles. The van der Waals surface area contributed by atoms with Crippen molar-refractivity contribution < 1.29 is 5.11 Å². The Hall–Kier alpha value is -0.900. The van der Waals surface area contributed by atoms with Crippen LogP contribution in [0.15, 0.2) is 30.3 Å². The normalized spacial score (nSPS) is 24.9. The standard InChI is InChI=1S/C18H28N2O/c21-12-10-18(19-17-8-9-17)16-7-4-11-20(14-16)13-15-5-2-1-3-6-15/h1-3,5-6,16-19,21H,4,7-14H2/t16-,18+/m0/s1. The zero-order valence-electron chi connectivity index (χ0n) is 12.9. The van der Waals surface area contributed by atoms with E-state index in [9.17, 15) is 5.11 Å². The molecule has 0 spiro atoms. The highest BCUT2D eigenvalue weighted by Crippen LogP contribution is 2.27. The molecule has 2 fully saturated rings. The van der Waals surface area contributed by atoms with Crippen molar-refractivity contribution in [3.05, 3.63) is 35.9 Å². The van der Waals surface area contributed by atoms with Crippen LogP contribution in [-0.2, 0) is 6.54 Å². The Bertz CT molecular complexity index is 418. The molecule has 1 aliphatic carbocycles. The van der Waals surface area contributed by atoms with Crippen LogP contribution in [0.4, 0.5) is 0 Å². The summed E-state index contributed by atoms with van der Waals surface area (Å²) in [5.41, 5.74) is 1.41. The lowest BCUT2D eigenvalue weighted by atomic mass is 9.88. The molecule has 1 saturated heterocycles. The van der Waals surface area contributed by atoms with Crippen molar-refractivity contribution >= 4 is 0 Å². The number of likely N-dealkylation sites (tertiary alicyclic amines) is 1. The molecule has 3 rings (SSSR count). The minimum absolute atomic E-state index is 0.305. The number of benzene rings is 1. The Balaban J connectivity index is 1.55. The molecule has 0 aromatic heterocycles. The van der Waals surface area contributed by atoms with Crippen LogP contribution in [0.5, 0.6) is 0 Å². The maximum atomic E-state index is 9.35. The number of aliphatic hydroxyl groups excluding tert-OH is 1.